The lowest BCUT2D eigenvalue weighted by atomic mass is 9.96. The molecule has 0 aliphatic carbocycles. The van der Waals surface area contributed by atoms with Crippen LogP contribution in [0.15, 0.2) is 48.5 Å². The number of ether oxygens (including phenoxy) is 2. The average molecular weight is 324 g/mol. The normalized spacial score (nSPS) is 12.9. The van der Waals surface area contributed by atoms with Gasteiger partial charge in [0.15, 0.2) is 11.5 Å². The monoisotopic (exact) mass is 323 g/mol. The van der Waals surface area contributed by atoms with Crippen molar-refractivity contribution in [2.75, 3.05) is 14.2 Å². The third-order valence-electron chi connectivity index (χ3n) is 3.49. The Morgan fingerprint density at radius 3 is 2.27 bits per heavy atom. The lowest BCUT2D eigenvalue weighted by Crippen LogP contribution is -2.28. The molecule has 2 aromatic carbocycles. The number of hydrogen-bond acceptors (Lipinski definition) is 4. The van der Waals surface area contributed by atoms with E-state index in [9.17, 15) is 5.11 Å². The van der Waals surface area contributed by atoms with Crippen LogP contribution in [0.25, 0.3) is 0 Å². The highest BCUT2D eigenvalue weighted by molar-refractivity contribution is 5.85. The fraction of sp³-hybridized carbons (Fsp3) is 0.294. The molecule has 0 spiro atoms. The van der Waals surface area contributed by atoms with Crippen LogP contribution in [-0.4, -0.2) is 25.4 Å². The van der Waals surface area contributed by atoms with Crippen molar-refractivity contribution in [3.63, 3.8) is 0 Å². The predicted octanol–water partition coefficient (Wildman–Crippen LogP) is 2.73. The molecule has 0 unspecified atom stereocenters. The maximum absolute atomic E-state index is 10.4. The van der Waals surface area contributed by atoms with E-state index in [0.29, 0.717) is 17.9 Å². The molecule has 3 N–H and O–H groups in total. The molecule has 2 aromatic rings. The van der Waals surface area contributed by atoms with E-state index in [0.717, 1.165) is 11.1 Å². The molecule has 0 radical (unpaired) electrons. The Labute approximate surface area is 137 Å². The number of hydrogen-bond donors (Lipinski definition) is 2. The van der Waals surface area contributed by atoms with Gasteiger partial charge in [0.1, 0.15) is 0 Å². The molecule has 2 rings (SSSR count). The molecule has 22 heavy (non-hydrogen) atoms. The number of methoxy groups -OCH3 is 2. The number of benzene rings is 2. The van der Waals surface area contributed by atoms with Crippen molar-refractivity contribution in [2.45, 2.75) is 18.6 Å². The third-order valence-corrected chi connectivity index (χ3v) is 3.49. The number of aliphatic hydroxyl groups excluding tert-OH is 1. The highest BCUT2D eigenvalue weighted by atomic mass is 35.5. The molecule has 0 heterocycles. The Balaban J connectivity index is 0.00000242. The quantitative estimate of drug-likeness (QED) is 0.858. The van der Waals surface area contributed by atoms with Crippen molar-refractivity contribution >= 4 is 12.4 Å². The Kier molecular flexibility index (Phi) is 7.18. The Bertz CT molecular complexity index is 577. The van der Waals surface area contributed by atoms with Crippen molar-refractivity contribution < 1.29 is 14.6 Å². The SMILES string of the molecule is COc1cccc([C@H](N)[C@H](O)Cc2ccccc2)c1OC.Cl. The first-order valence-electron chi connectivity index (χ1n) is 6.85. The van der Waals surface area contributed by atoms with Crippen molar-refractivity contribution in [1.29, 1.82) is 0 Å². The second-order valence-electron chi connectivity index (χ2n) is 4.87. The number of aliphatic hydroxyl groups is 1. The van der Waals surface area contributed by atoms with Crippen molar-refractivity contribution in [3.05, 3.63) is 59.7 Å². The van der Waals surface area contributed by atoms with Gasteiger partial charge >= 0.3 is 0 Å². The summed E-state index contributed by atoms with van der Waals surface area (Å²) >= 11 is 0. The van der Waals surface area contributed by atoms with Gasteiger partial charge < -0.3 is 20.3 Å². The van der Waals surface area contributed by atoms with Gasteiger partial charge in [0, 0.05) is 12.0 Å². The minimum atomic E-state index is -0.701. The molecule has 0 aliphatic heterocycles. The molecule has 2 atom stereocenters. The summed E-state index contributed by atoms with van der Waals surface area (Å²) in [5.74, 6) is 1.18. The van der Waals surface area contributed by atoms with Gasteiger partial charge in [0.05, 0.1) is 26.4 Å². The minimum Gasteiger partial charge on any atom is -0.493 e. The molecule has 0 fully saturated rings. The van der Waals surface area contributed by atoms with Crippen molar-refractivity contribution in [2.24, 2.45) is 5.73 Å². The van der Waals surface area contributed by atoms with Gasteiger partial charge in [-0.05, 0) is 11.6 Å². The number of halogens is 1. The van der Waals surface area contributed by atoms with Crippen LogP contribution < -0.4 is 15.2 Å². The van der Waals surface area contributed by atoms with E-state index in [4.69, 9.17) is 15.2 Å². The van der Waals surface area contributed by atoms with E-state index in [1.165, 1.54) is 0 Å². The van der Waals surface area contributed by atoms with Crippen molar-refractivity contribution in [1.82, 2.24) is 0 Å². The summed E-state index contributed by atoms with van der Waals surface area (Å²) in [4.78, 5) is 0. The maximum atomic E-state index is 10.4. The van der Waals surface area contributed by atoms with Gasteiger partial charge in [-0.3, -0.25) is 0 Å². The van der Waals surface area contributed by atoms with Crippen LogP contribution in [-0.2, 0) is 6.42 Å². The zero-order valence-electron chi connectivity index (χ0n) is 12.7. The molecule has 0 amide bonds. The number of nitrogens with two attached hydrogens (primary N) is 1. The second kappa shape index (κ2) is 8.63. The fourth-order valence-corrected chi connectivity index (χ4v) is 2.36. The molecule has 0 saturated heterocycles. The zero-order chi connectivity index (χ0) is 15.2. The first kappa shape index (κ1) is 18.3. The van der Waals surface area contributed by atoms with Crippen LogP contribution in [0.3, 0.4) is 0 Å². The maximum Gasteiger partial charge on any atom is 0.165 e. The van der Waals surface area contributed by atoms with Crippen molar-refractivity contribution in [3.8, 4) is 11.5 Å². The Hall–Kier alpha value is -1.75. The van der Waals surface area contributed by atoms with Gasteiger partial charge in [0.25, 0.3) is 0 Å². The van der Waals surface area contributed by atoms with Gasteiger partial charge in [0.2, 0.25) is 0 Å². The minimum absolute atomic E-state index is 0. The molecule has 120 valence electrons. The largest absolute Gasteiger partial charge is 0.493 e. The van der Waals surface area contributed by atoms with Crippen LogP contribution in [0.2, 0.25) is 0 Å². The molecule has 0 aliphatic rings. The molecule has 0 aromatic heterocycles. The molecule has 5 heteroatoms. The van der Waals surface area contributed by atoms with Gasteiger partial charge in [-0.2, -0.15) is 0 Å². The smallest absolute Gasteiger partial charge is 0.165 e. The highest BCUT2D eigenvalue weighted by Crippen LogP contribution is 2.35. The molecule has 0 saturated carbocycles. The molecule has 4 nitrogen and oxygen atoms in total. The number of rotatable bonds is 6. The standard InChI is InChI=1S/C17H21NO3.ClH/c1-20-15-10-6-9-13(17(15)21-2)16(18)14(19)11-12-7-4-3-5-8-12;/h3-10,14,16,19H,11,18H2,1-2H3;1H/t14-,16+;/m1./s1. The summed E-state index contributed by atoms with van der Waals surface area (Å²) in [6, 6.07) is 14.7. The van der Waals surface area contributed by atoms with Crippen LogP contribution in [0.1, 0.15) is 17.2 Å². The summed E-state index contributed by atoms with van der Waals surface area (Å²) < 4.78 is 10.6. The molecular weight excluding hydrogens is 302 g/mol. The second-order valence-corrected chi connectivity index (χ2v) is 4.87. The lowest BCUT2D eigenvalue weighted by Gasteiger charge is -2.22. The van der Waals surface area contributed by atoms with Crippen LogP contribution in [0.4, 0.5) is 0 Å². The van der Waals surface area contributed by atoms with E-state index in [1.54, 1.807) is 20.3 Å². The topological polar surface area (TPSA) is 64.7 Å². The van der Waals surface area contributed by atoms with E-state index < -0.39 is 12.1 Å². The van der Waals surface area contributed by atoms with Gasteiger partial charge in [-0.15, -0.1) is 12.4 Å². The Morgan fingerprint density at radius 2 is 1.68 bits per heavy atom. The summed E-state index contributed by atoms with van der Waals surface area (Å²) in [7, 11) is 3.14. The first-order valence-corrected chi connectivity index (χ1v) is 6.85. The van der Waals surface area contributed by atoms with E-state index in [2.05, 4.69) is 0 Å². The summed E-state index contributed by atoms with van der Waals surface area (Å²) in [5.41, 5.74) is 7.98. The van der Waals surface area contributed by atoms with Crippen LogP contribution >= 0.6 is 12.4 Å². The van der Waals surface area contributed by atoms with E-state index in [-0.39, 0.29) is 12.4 Å². The summed E-state index contributed by atoms with van der Waals surface area (Å²) in [6.45, 7) is 0. The molecular formula is C17H22ClNO3. The first-order chi connectivity index (χ1) is 10.2. The molecule has 0 bridgehead atoms. The van der Waals surface area contributed by atoms with Gasteiger partial charge in [-0.1, -0.05) is 42.5 Å². The fourth-order valence-electron chi connectivity index (χ4n) is 2.36. The average Bonchev–Trinajstić information content (AvgIpc) is 2.54. The van der Waals surface area contributed by atoms with Crippen LogP contribution in [0.5, 0.6) is 11.5 Å². The highest BCUT2D eigenvalue weighted by Gasteiger charge is 2.22. The lowest BCUT2D eigenvalue weighted by molar-refractivity contribution is 0.143. The predicted molar refractivity (Wildman–Crippen MR) is 89.9 cm³/mol. The number of para-hydroxylation sites is 1. The van der Waals surface area contributed by atoms with Crippen LogP contribution in [0, 0.1) is 0 Å². The zero-order valence-corrected chi connectivity index (χ0v) is 13.5. The summed E-state index contributed by atoms with van der Waals surface area (Å²) in [6.07, 6.45) is -0.212. The summed E-state index contributed by atoms with van der Waals surface area (Å²) in [5, 5.41) is 10.4. The van der Waals surface area contributed by atoms with Gasteiger partial charge in [-0.25, -0.2) is 0 Å². The van der Waals surface area contributed by atoms with E-state index >= 15 is 0 Å². The third kappa shape index (κ3) is 4.13. The van der Waals surface area contributed by atoms with E-state index in [1.807, 2.05) is 42.5 Å². The Morgan fingerprint density at radius 1 is 1.00 bits per heavy atom.